The zero-order chi connectivity index (χ0) is 8.39. The van der Waals surface area contributed by atoms with Crippen molar-refractivity contribution in [2.45, 2.75) is 18.1 Å². The largest absolute Gasteiger partial charge is 0.314 e. The van der Waals surface area contributed by atoms with Gasteiger partial charge in [0.1, 0.15) is 5.82 Å². The first-order valence-electron chi connectivity index (χ1n) is 3.75. The van der Waals surface area contributed by atoms with Crippen LogP contribution in [0, 0.1) is 0 Å². The average Bonchev–Trinajstić information content (AvgIpc) is 2.84. The first-order chi connectivity index (χ1) is 5.84. The maximum Gasteiger partial charge on any atom is 0.224 e. The molecular weight excluding hydrogens is 194 g/mol. The molecule has 1 fully saturated rings. The highest BCUT2D eigenvalue weighted by atomic mass is 35.5. The highest BCUT2D eigenvalue weighted by Gasteiger charge is 2.22. The van der Waals surface area contributed by atoms with E-state index in [4.69, 9.17) is 11.6 Å². The van der Waals surface area contributed by atoms with Gasteiger partial charge in [0.25, 0.3) is 0 Å². The quantitative estimate of drug-likeness (QED) is 0.602. The van der Waals surface area contributed by atoms with E-state index >= 15 is 0 Å². The van der Waals surface area contributed by atoms with Crippen LogP contribution in [-0.2, 0) is 0 Å². The summed E-state index contributed by atoms with van der Waals surface area (Å²) in [4.78, 5) is 7.78. The summed E-state index contributed by atoms with van der Waals surface area (Å²) in [6, 6.07) is 1.81. The predicted molar refractivity (Wildman–Crippen MR) is 51.3 cm³/mol. The van der Waals surface area contributed by atoms with Gasteiger partial charge in [-0.15, -0.1) is 0 Å². The van der Waals surface area contributed by atoms with Gasteiger partial charge in [-0.1, -0.05) is 0 Å². The van der Waals surface area contributed by atoms with E-state index in [1.54, 1.807) is 24.2 Å². The van der Waals surface area contributed by atoms with Crippen LogP contribution in [0.4, 0.5) is 5.82 Å². The molecule has 5 heteroatoms. The van der Waals surface area contributed by atoms with Crippen LogP contribution in [0.1, 0.15) is 12.8 Å². The number of anilines is 1. The highest BCUT2D eigenvalue weighted by molar-refractivity contribution is 8.01. The fraction of sp³-hybridized carbons (Fsp3) is 0.429. The van der Waals surface area contributed by atoms with E-state index < -0.39 is 0 Å². The van der Waals surface area contributed by atoms with Gasteiger partial charge < -0.3 is 4.72 Å². The highest BCUT2D eigenvalue weighted by Crippen LogP contribution is 2.33. The third kappa shape index (κ3) is 2.25. The number of nitrogens with zero attached hydrogens (tertiary/aromatic N) is 2. The standard InChI is InChI=1S/C7H8ClN3S/c8-7-9-4-3-6(10-7)11-12-5-1-2-5/h3-5H,1-2H2,(H,9,10,11). The van der Waals surface area contributed by atoms with Gasteiger partial charge in [-0.2, -0.15) is 4.98 Å². The molecule has 0 atom stereocenters. The van der Waals surface area contributed by atoms with Crippen LogP contribution in [0.5, 0.6) is 0 Å². The second kappa shape index (κ2) is 3.49. The topological polar surface area (TPSA) is 37.8 Å². The van der Waals surface area contributed by atoms with E-state index in [-0.39, 0.29) is 5.28 Å². The molecule has 0 bridgehead atoms. The van der Waals surface area contributed by atoms with Crippen molar-refractivity contribution in [2.75, 3.05) is 4.72 Å². The predicted octanol–water partition coefficient (Wildman–Crippen LogP) is 2.35. The Labute approximate surface area is 80.1 Å². The molecule has 0 spiro atoms. The van der Waals surface area contributed by atoms with Crippen molar-refractivity contribution in [1.29, 1.82) is 0 Å². The Morgan fingerprint density at radius 1 is 1.58 bits per heavy atom. The van der Waals surface area contributed by atoms with Crippen LogP contribution < -0.4 is 4.72 Å². The molecule has 0 unspecified atom stereocenters. The lowest BCUT2D eigenvalue weighted by Gasteiger charge is -2.01. The van der Waals surface area contributed by atoms with Crippen molar-refractivity contribution in [1.82, 2.24) is 9.97 Å². The number of hydrogen-bond acceptors (Lipinski definition) is 4. The molecule has 1 aromatic rings. The second-order valence-electron chi connectivity index (χ2n) is 2.63. The van der Waals surface area contributed by atoms with E-state index in [1.165, 1.54) is 12.8 Å². The summed E-state index contributed by atoms with van der Waals surface area (Å²) in [5.41, 5.74) is 0. The van der Waals surface area contributed by atoms with E-state index in [0.717, 1.165) is 11.1 Å². The van der Waals surface area contributed by atoms with Crippen molar-refractivity contribution >= 4 is 29.4 Å². The summed E-state index contributed by atoms with van der Waals surface area (Å²) in [5.74, 6) is 0.784. The first-order valence-corrected chi connectivity index (χ1v) is 5.00. The lowest BCUT2D eigenvalue weighted by molar-refractivity contribution is 1.18. The molecule has 64 valence electrons. The first kappa shape index (κ1) is 8.13. The van der Waals surface area contributed by atoms with Gasteiger partial charge in [0.2, 0.25) is 5.28 Å². The molecule has 0 saturated heterocycles. The zero-order valence-electron chi connectivity index (χ0n) is 6.33. The average molecular weight is 202 g/mol. The van der Waals surface area contributed by atoms with E-state index in [0.29, 0.717) is 0 Å². The number of aromatic nitrogens is 2. The van der Waals surface area contributed by atoms with Crippen LogP contribution in [0.3, 0.4) is 0 Å². The smallest absolute Gasteiger partial charge is 0.224 e. The maximum absolute atomic E-state index is 5.60. The second-order valence-corrected chi connectivity index (χ2v) is 4.07. The van der Waals surface area contributed by atoms with Gasteiger partial charge in [-0.3, -0.25) is 0 Å². The van der Waals surface area contributed by atoms with Crippen LogP contribution in [0.15, 0.2) is 12.3 Å². The van der Waals surface area contributed by atoms with Crippen molar-refractivity contribution in [3.05, 3.63) is 17.5 Å². The van der Waals surface area contributed by atoms with E-state index in [9.17, 15) is 0 Å². The number of rotatable bonds is 3. The van der Waals surface area contributed by atoms with Crippen LogP contribution in [0.2, 0.25) is 5.28 Å². The summed E-state index contributed by atoms with van der Waals surface area (Å²) < 4.78 is 3.13. The van der Waals surface area contributed by atoms with Crippen LogP contribution in [0.25, 0.3) is 0 Å². The Kier molecular flexibility index (Phi) is 2.37. The molecule has 0 radical (unpaired) electrons. The van der Waals surface area contributed by atoms with Crippen LogP contribution in [-0.4, -0.2) is 15.2 Å². The summed E-state index contributed by atoms with van der Waals surface area (Å²) >= 11 is 7.31. The van der Waals surface area contributed by atoms with Gasteiger partial charge in [-0.05, 0) is 42.5 Å². The monoisotopic (exact) mass is 201 g/mol. The van der Waals surface area contributed by atoms with Gasteiger partial charge in [0.15, 0.2) is 0 Å². The molecule has 1 heterocycles. The Balaban J connectivity index is 1.92. The van der Waals surface area contributed by atoms with Crippen LogP contribution >= 0.6 is 23.5 Å². The minimum Gasteiger partial charge on any atom is -0.314 e. The maximum atomic E-state index is 5.60. The van der Waals surface area contributed by atoms with Gasteiger partial charge in [0, 0.05) is 11.4 Å². The third-order valence-electron chi connectivity index (χ3n) is 1.48. The summed E-state index contributed by atoms with van der Waals surface area (Å²) in [6.07, 6.45) is 4.25. The molecule has 1 aromatic heterocycles. The SMILES string of the molecule is Clc1nccc(NSC2CC2)n1. The molecule has 1 saturated carbocycles. The number of hydrogen-bond donors (Lipinski definition) is 1. The Hall–Kier alpha value is -0.480. The lowest BCUT2D eigenvalue weighted by Crippen LogP contribution is -1.92. The molecule has 12 heavy (non-hydrogen) atoms. The molecule has 1 N–H and O–H groups in total. The number of nitrogens with one attached hydrogen (secondary N) is 1. The molecule has 0 amide bonds. The molecule has 2 rings (SSSR count). The fourth-order valence-corrected chi connectivity index (χ4v) is 1.64. The summed E-state index contributed by atoms with van der Waals surface area (Å²) in [7, 11) is 0. The van der Waals surface area contributed by atoms with Crippen molar-refractivity contribution in [3.63, 3.8) is 0 Å². The minimum absolute atomic E-state index is 0.288. The third-order valence-corrected chi connectivity index (χ3v) is 2.79. The summed E-state index contributed by atoms with van der Waals surface area (Å²) in [5, 5.41) is 1.05. The molecule has 1 aliphatic carbocycles. The van der Waals surface area contributed by atoms with Gasteiger partial charge in [-0.25, -0.2) is 4.98 Å². The van der Waals surface area contributed by atoms with E-state index in [1.807, 2.05) is 0 Å². The van der Waals surface area contributed by atoms with Crippen molar-refractivity contribution in [2.24, 2.45) is 0 Å². The zero-order valence-corrected chi connectivity index (χ0v) is 7.90. The van der Waals surface area contributed by atoms with E-state index in [2.05, 4.69) is 14.7 Å². The molecule has 0 aromatic carbocycles. The normalized spacial score (nSPS) is 16.1. The Bertz CT molecular complexity index is 277. The van der Waals surface area contributed by atoms with Crippen molar-refractivity contribution in [3.8, 4) is 0 Å². The van der Waals surface area contributed by atoms with Gasteiger partial charge >= 0.3 is 0 Å². The molecular formula is C7H8ClN3S. The molecule has 3 nitrogen and oxygen atoms in total. The fourth-order valence-electron chi connectivity index (χ4n) is 0.721. The van der Waals surface area contributed by atoms with Gasteiger partial charge in [0.05, 0.1) is 0 Å². The molecule has 1 aliphatic rings. The Morgan fingerprint density at radius 3 is 3.08 bits per heavy atom. The van der Waals surface area contributed by atoms with Crippen molar-refractivity contribution < 1.29 is 0 Å². The molecule has 0 aliphatic heterocycles. The minimum atomic E-state index is 0.288. The Morgan fingerprint density at radius 2 is 2.42 bits per heavy atom. The number of halogens is 1. The lowest BCUT2D eigenvalue weighted by atomic mass is 10.6. The summed E-state index contributed by atoms with van der Waals surface area (Å²) in [6.45, 7) is 0.